The summed E-state index contributed by atoms with van der Waals surface area (Å²) in [5.41, 5.74) is 3.25. The van der Waals surface area contributed by atoms with E-state index in [1.807, 2.05) is 72.8 Å². The minimum absolute atomic E-state index is 0.0483. The van der Waals surface area contributed by atoms with Crippen molar-refractivity contribution in [1.29, 1.82) is 0 Å². The van der Waals surface area contributed by atoms with Crippen LogP contribution in [0, 0.1) is 0 Å². The van der Waals surface area contributed by atoms with Crippen molar-refractivity contribution in [2.45, 2.75) is 70.0 Å². The number of benzene rings is 4. The summed E-state index contributed by atoms with van der Waals surface area (Å²) >= 11 is 12.8. The monoisotopic (exact) mass is 641 g/mol. The third-order valence-corrected chi connectivity index (χ3v) is 9.59. The van der Waals surface area contributed by atoms with Gasteiger partial charge in [0.05, 0.1) is 5.69 Å². The Morgan fingerprint density at radius 2 is 1.67 bits per heavy atom. The molecule has 1 saturated carbocycles. The number of anilines is 1. The quantitative estimate of drug-likeness (QED) is 0.180. The van der Waals surface area contributed by atoms with Crippen molar-refractivity contribution in [2.24, 2.45) is 0 Å². The van der Waals surface area contributed by atoms with Crippen LogP contribution in [0.5, 0.6) is 0 Å². The van der Waals surface area contributed by atoms with Crippen LogP contribution in [0.25, 0.3) is 10.8 Å². The molecule has 3 amide bonds. The van der Waals surface area contributed by atoms with Crippen molar-refractivity contribution in [3.63, 3.8) is 0 Å². The molecule has 6 nitrogen and oxygen atoms in total. The van der Waals surface area contributed by atoms with E-state index in [4.69, 9.17) is 23.2 Å². The van der Waals surface area contributed by atoms with Gasteiger partial charge >= 0.3 is 0 Å². The van der Waals surface area contributed by atoms with Gasteiger partial charge in [0.1, 0.15) is 6.04 Å². The number of hydrogen-bond donors (Lipinski definition) is 1. The zero-order valence-corrected chi connectivity index (χ0v) is 26.7. The molecule has 0 saturated heterocycles. The van der Waals surface area contributed by atoms with Gasteiger partial charge in [-0.3, -0.25) is 14.4 Å². The molecular formula is C37H37Cl2N3O3. The maximum atomic E-state index is 14.2. The number of carbonyl (C=O) groups excluding carboxylic acids is 3. The summed E-state index contributed by atoms with van der Waals surface area (Å²) in [7, 11) is 0. The first-order valence-electron chi connectivity index (χ1n) is 15.8. The molecule has 1 N–H and O–H groups in total. The van der Waals surface area contributed by atoms with Crippen molar-refractivity contribution in [3.05, 3.63) is 112 Å². The second kappa shape index (κ2) is 14.1. The first kappa shape index (κ1) is 31.1. The van der Waals surface area contributed by atoms with Crippen LogP contribution in [0.15, 0.2) is 84.9 Å². The topological polar surface area (TPSA) is 69.7 Å². The van der Waals surface area contributed by atoms with Crippen molar-refractivity contribution in [2.75, 3.05) is 11.4 Å². The smallest absolute Gasteiger partial charge is 0.258 e. The number of carbonyl (C=O) groups is 3. The van der Waals surface area contributed by atoms with E-state index < -0.39 is 6.04 Å². The molecule has 1 unspecified atom stereocenters. The summed E-state index contributed by atoms with van der Waals surface area (Å²) in [4.78, 5) is 45.0. The number of amides is 3. The lowest BCUT2D eigenvalue weighted by Gasteiger charge is -2.34. The molecule has 4 aromatic rings. The summed E-state index contributed by atoms with van der Waals surface area (Å²) in [6.45, 7) is 0.559. The molecule has 6 rings (SSSR count). The fraction of sp³-hybridized carbons (Fsp3) is 0.324. The average Bonchev–Trinajstić information content (AvgIpc) is 3.32. The third-order valence-electron chi connectivity index (χ3n) is 9.00. The van der Waals surface area contributed by atoms with Crippen molar-refractivity contribution in [1.82, 2.24) is 10.2 Å². The van der Waals surface area contributed by atoms with Crippen molar-refractivity contribution < 1.29 is 14.4 Å². The maximum Gasteiger partial charge on any atom is 0.258 e. The fourth-order valence-corrected chi connectivity index (χ4v) is 7.13. The number of nitrogens with zero attached hydrogens (tertiary/aromatic N) is 2. The van der Waals surface area contributed by atoms with Gasteiger partial charge in [0.15, 0.2) is 0 Å². The first-order chi connectivity index (χ1) is 21.9. The number of halogens is 2. The predicted molar refractivity (Wildman–Crippen MR) is 181 cm³/mol. The van der Waals surface area contributed by atoms with Gasteiger partial charge in [-0.1, -0.05) is 103 Å². The lowest BCUT2D eigenvalue weighted by atomic mass is 9.94. The number of hydrogen-bond acceptors (Lipinski definition) is 3. The van der Waals surface area contributed by atoms with Gasteiger partial charge in [-0.2, -0.15) is 0 Å². The second-order valence-electron chi connectivity index (χ2n) is 12.0. The molecule has 0 radical (unpaired) electrons. The normalized spacial score (nSPS) is 15.3. The Morgan fingerprint density at radius 3 is 2.42 bits per heavy atom. The molecule has 1 heterocycles. The van der Waals surface area contributed by atoms with Gasteiger partial charge < -0.3 is 15.1 Å². The van der Waals surface area contributed by atoms with E-state index in [0.717, 1.165) is 53.3 Å². The minimum atomic E-state index is -0.736. The highest BCUT2D eigenvalue weighted by Crippen LogP contribution is 2.37. The summed E-state index contributed by atoms with van der Waals surface area (Å²) in [6.07, 6.45) is 6.23. The summed E-state index contributed by atoms with van der Waals surface area (Å²) in [6, 6.07) is 26.1. The molecule has 1 fully saturated rings. The Balaban J connectivity index is 1.25. The van der Waals surface area contributed by atoms with Gasteiger partial charge in [-0.25, -0.2) is 0 Å². The highest BCUT2D eigenvalue weighted by Gasteiger charge is 2.33. The lowest BCUT2D eigenvalue weighted by molar-refractivity contribution is -0.141. The molecular weight excluding hydrogens is 605 g/mol. The van der Waals surface area contributed by atoms with Crippen LogP contribution in [0.4, 0.5) is 5.69 Å². The van der Waals surface area contributed by atoms with E-state index in [1.54, 1.807) is 21.9 Å². The first-order valence-corrected chi connectivity index (χ1v) is 16.6. The molecule has 1 aliphatic heterocycles. The Hall–Kier alpha value is -3.87. The molecule has 232 valence electrons. The molecule has 1 atom stereocenters. The Kier molecular flexibility index (Phi) is 9.72. The molecule has 0 aromatic heterocycles. The standard InChI is InChI=1S/C37H37Cl2N3O3/c38-28-20-19-27(31(39)23-28)24-42(33(22-25-10-3-1-4-11-25)36(44)40-29-14-5-2-6-15-29)34(43)18-9-21-41-32-17-8-13-26-12-7-16-30(35(26)32)37(41)45/h1,3-4,7-8,10-13,16-17,19-20,23,29,33H,2,5-6,9,14-15,18,21-22,24H2,(H,40,44). The van der Waals surface area contributed by atoms with Crippen LogP contribution in [-0.4, -0.2) is 41.2 Å². The van der Waals surface area contributed by atoms with Crippen LogP contribution >= 0.6 is 23.2 Å². The Labute approximate surface area is 274 Å². The Bertz CT molecular complexity index is 1700. The highest BCUT2D eigenvalue weighted by atomic mass is 35.5. The third kappa shape index (κ3) is 7.03. The van der Waals surface area contributed by atoms with Gasteiger partial charge in [0, 0.05) is 53.0 Å². The van der Waals surface area contributed by atoms with E-state index in [2.05, 4.69) is 5.32 Å². The zero-order chi connectivity index (χ0) is 31.3. The average molecular weight is 643 g/mol. The van der Waals surface area contributed by atoms with Crippen LogP contribution in [0.1, 0.15) is 66.4 Å². The molecule has 4 aromatic carbocycles. The van der Waals surface area contributed by atoms with E-state index in [-0.39, 0.29) is 36.7 Å². The van der Waals surface area contributed by atoms with Crippen LogP contribution in [0.3, 0.4) is 0 Å². The number of rotatable bonds is 11. The van der Waals surface area contributed by atoms with Gasteiger partial charge in [-0.15, -0.1) is 0 Å². The molecule has 8 heteroatoms. The summed E-state index contributed by atoms with van der Waals surface area (Å²) in [5, 5.41) is 6.20. The van der Waals surface area contributed by atoms with Gasteiger partial charge in [-0.05, 0) is 60.0 Å². The van der Waals surface area contributed by atoms with Crippen LogP contribution in [0.2, 0.25) is 10.0 Å². The molecule has 45 heavy (non-hydrogen) atoms. The largest absolute Gasteiger partial charge is 0.352 e. The lowest BCUT2D eigenvalue weighted by Crippen LogP contribution is -2.53. The molecule has 0 bridgehead atoms. The summed E-state index contributed by atoms with van der Waals surface area (Å²) in [5.74, 6) is -0.364. The Morgan fingerprint density at radius 1 is 0.911 bits per heavy atom. The van der Waals surface area contributed by atoms with Gasteiger partial charge in [0.2, 0.25) is 11.8 Å². The van der Waals surface area contributed by atoms with E-state index >= 15 is 0 Å². The predicted octanol–water partition coefficient (Wildman–Crippen LogP) is 7.98. The summed E-state index contributed by atoms with van der Waals surface area (Å²) < 4.78 is 0. The van der Waals surface area contributed by atoms with Crippen molar-refractivity contribution >= 4 is 57.4 Å². The molecule has 1 aliphatic carbocycles. The van der Waals surface area contributed by atoms with E-state index in [9.17, 15) is 14.4 Å². The van der Waals surface area contributed by atoms with E-state index in [1.165, 1.54) is 6.42 Å². The zero-order valence-electron chi connectivity index (χ0n) is 25.2. The fourth-order valence-electron chi connectivity index (χ4n) is 6.66. The highest BCUT2D eigenvalue weighted by molar-refractivity contribution is 6.35. The van der Waals surface area contributed by atoms with Crippen molar-refractivity contribution in [3.8, 4) is 0 Å². The number of nitrogens with one attached hydrogen (secondary N) is 1. The van der Waals surface area contributed by atoms with Gasteiger partial charge in [0.25, 0.3) is 5.91 Å². The molecule has 0 spiro atoms. The maximum absolute atomic E-state index is 14.2. The van der Waals surface area contributed by atoms with Crippen LogP contribution in [-0.2, 0) is 22.6 Å². The second-order valence-corrected chi connectivity index (χ2v) is 12.9. The molecule has 2 aliphatic rings. The van der Waals surface area contributed by atoms with E-state index in [0.29, 0.717) is 35.0 Å². The SMILES string of the molecule is O=C(NC1CCCCC1)C(Cc1ccccc1)N(Cc1ccc(Cl)cc1Cl)C(=O)CCCN1C(=O)c2cccc3cccc1c23. The minimum Gasteiger partial charge on any atom is -0.352 e. The van der Waals surface area contributed by atoms with Crippen LogP contribution < -0.4 is 10.2 Å².